The summed E-state index contributed by atoms with van der Waals surface area (Å²) in [4.78, 5) is 73.2. The van der Waals surface area contributed by atoms with Gasteiger partial charge in [0.05, 0.1) is 23.8 Å². The van der Waals surface area contributed by atoms with E-state index in [4.69, 9.17) is 34.4 Å². The number of benzene rings is 2. The van der Waals surface area contributed by atoms with Crippen molar-refractivity contribution in [3.8, 4) is 11.5 Å². The molecule has 20 heteroatoms. The number of carbonyl (C=O) groups excluding carboxylic acids is 2. The van der Waals surface area contributed by atoms with Gasteiger partial charge in [-0.25, -0.2) is 29.9 Å². The van der Waals surface area contributed by atoms with Gasteiger partial charge in [0.25, 0.3) is 11.8 Å². The van der Waals surface area contributed by atoms with Gasteiger partial charge in [-0.05, 0) is 95.7 Å². The number of fused-ring (bicyclic) bond motifs is 4. The highest BCUT2D eigenvalue weighted by molar-refractivity contribution is 9.10. The van der Waals surface area contributed by atoms with Crippen LogP contribution in [0.2, 0.25) is 0 Å². The van der Waals surface area contributed by atoms with Crippen molar-refractivity contribution in [2.75, 3.05) is 60.7 Å². The number of amides is 2. The highest BCUT2D eigenvalue weighted by atomic mass is 79.9. The topological polar surface area (TPSA) is 202 Å². The summed E-state index contributed by atoms with van der Waals surface area (Å²) < 4.78 is 14.3. The van der Waals surface area contributed by atoms with E-state index in [1.54, 1.807) is 48.5 Å². The molecular weight excluding hydrogens is 924 g/mol. The van der Waals surface area contributed by atoms with Crippen LogP contribution in [0.5, 0.6) is 11.5 Å². The maximum atomic E-state index is 14.5. The summed E-state index contributed by atoms with van der Waals surface area (Å²) in [7, 11) is 4.20. The van der Waals surface area contributed by atoms with Crippen LogP contribution in [-0.2, 0) is 9.59 Å². The average Bonchev–Trinajstić information content (AvgIpc) is 3.91. The fourth-order valence-corrected chi connectivity index (χ4v) is 8.59. The molecule has 4 unspecified atom stereocenters. The molecule has 4 aromatic heterocycles. The van der Waals surface area contributed by atoms with E-state index in [1.807, 2.05) is 13.8 Å². The van der Waals surface area contributed by atoms with Gasteiger partial charge in [0.1, 0.15) is 22.5 Å². The van der Waals surface area contributed by atoms with Gasteiger partial charge in [-0.1, -0.05) is 31.9 Å². The van der Waals surface area contributed by atoms with Crippen molar-refractivity contribution in [3.63, 3.8) is 0 Å². The van der Waals surface area contributed by atoms with E-state index >= 15 is 0 Å². The first-order valence-electron chi connectivity index (χ1n) is 20.3. The molecule has 62 heavy (non-hydrogen) atoms. The smallest absolute Gasteiger partial charge is 0.271 e. The van der Waals surface area contributed by atoms with E-state index < -0.39 is 24.0 Å². The predicted octanol–water partition coefficient (Wildman–Crippen LogP) is 4.85. The molecule has 0 radical (unpaired) electrons. The van der Waals surface area contributed by atoms with Crippen LogP contribution >= 0.6 is 31.9 Å². The Bertz CT molecular complexity index is 2630. The normalized spacial score (nSPS) is 18.6. The lowest BCUT2D eigenvalue weighted by atomic mass is 10.0. The molecule has 7 heterocycles. The molecule has 3 saturated heterocycles. The molecule has 0 spiro atoms. The standard InChI is InChI=1S/C42H44Br2N14O4/c1-22-33-37(54-41(48-22)57-15-13-27(14-16-57)56(3)4)46-19-31(50-33)52-39(59)35(61-29-9-5-24(43)6-10-29)36(62-30-11-7-25(44)8-12-30)40(60)53-32-20-47-38-34(51-32)23(2)49-42(55-38)58-21-26-17-28(58)18-45-26/h5-12,19-20,26-28,35-36,45H,13-18,21H2,1-4H3,(H,50,52,59)(H,51,53,60). The van der Waals surface area contributed by atoms with E-state index in [2.05, 4.69) is 91.6 Å². The highest BCUT2D eigenvalue weighted by Gasteiger charge is 2.40. The van der Waals surface area contributed by atoms with Crippen LogP contribution in [0.25, 0.3) is 22.3 Å². The lowest BCUT2D eigenvalue weighted by Crippen LogP contribution is -2.51. The Morgan fingerprint density at radius 3 is 1.71 bits per heavy atom. The molecule has 4 atom stereocenters. The van der Waals surface area contributed by atoms with Gasteiger partial charge < -0.3 is 40.1 Å². The molecule has 18 nitrogen and oxygen atoms in total. The Morgan fingerprint density at radius 2 is 1.24 bits per heavy atom. The molecular formula is C42H44Br2N14O4. The van der Waals surface area contributed by atoms with Crippen molar-refractivity contribution in [1.82, 2.24) is 50.1 Å². The first kappa shape index (κ1) is 41.6. The number of rotatable bonds is 12. The number of hydrogen-bond acceptors (Lipinski definition) is 16. The maximum absolute atomic E-state index is 14.5. The van der Waals surface area contributed by atoms with Crippen molar-refractivity contribution in [2.24, 2.45) is 0 Å². The second-order valence-electron chi connectivity index (χ2n) is 15.9. The molecule has 0 saturated carbocycles. The predicted molar refractivity (Wildman–Crippen MR) is 241 cm³/mol. The van der Waals surface area contributed by atoms with Crippen LogP contribution in [0.3, 0.4) is 0 Å². The van der Waals surface area contributed by atoms with Gasteiger partial charge in [0, 0.05) is 53.2 Å². The minimum absolute atomic E-state index is 0.106. The number of halogens is 2. The summed E-state index contributed by atoms with van der Waals surface area (Å²) in [5.74, 6) is 0.558. The van der Waals surface area contributed by atoms with Gasteiger partial charge in [0.15, 0.2) is 22.9 Å². The second kappa shape index (κ2) is 17.6. The lowest BCUT2D eigenvalue weighted by Gasteiger charge is -2.35. The van der Waals surface area contributed by atoms with E-state index in [0.717, 1.165) is 54.4 Å². The van der Waals surface area contributed by atoms with Gasteiger partial charge in [-0.3, -0.25) is 9.59 Å². The molecule has 2 amide bonds. The zero-order valence-corrected chi connectivity index (χ0v) is 37.6. The largest absolute Gasteiger partial charge is 0.476 e. The zero-order chi connectivity index (χ0) is 43.1. The summed E-state index contributed by atoms with van der Waals surface area (Å²) in [6.07, 6.45) is 2.74. The number of ether oxygens (including phenoxy) is 2. The molecule has 9 rings (SSSR count). The Labute approximate surface area is 373 Å². The fourth-order valence-electron chi connectivity index (χ4n) is 8.06. The number of nitrogens with zero attached hydrogens (tertiary/aromatic N) is 11. The highest BCUT2D eigenvalue weighted by Crippen LogP contribution is 2.30. The Hall–Kier alpha value is -5.70. The van der Waals surface area contributed by atoms with Crippen molar-refractivity contribution >= 4 is 89.5 Å². The van der Waals surface area contributed by atoms with Crippen LogP contribution < -0.4 is 35.2 Å². The van der Waals surface area contributed by atoms with Crippen LogP contribution in [-0.4, -0.2) is 127 Å². The summed E-state index contributed by atoms with van der Waals surface area (Å²) in [5.41, 5.74) is 2.86. The van der Waals surface area contributed by atoms with E-state index in [9.17, 15) is 9.59 Å². The van der Waals surface area contributed by atoms with Crippen LogP contribution in [0.15, 0.2) is 69.9 Å². The van der Waals surface area contributed by atoms with Crippen molar-refractivity contribution in [3.05, 3.63) is 81.3 Å². The van der Waals surface area contributed by atoms with Crippen LogP contribution in [0.1, 0.15) is 30.7 Å². The van der Waals surface area contributed by atoms with Crippen molar-refractivity contribution in [2.45, 2.75) is 63.4 Å². The number of nitrogens with one attached hydrogen (secondary N) is 3. The quantitative estimate of drug-likeness (QED) is 0.150. The number of carbonyl (C=O) groups is 2. The van der Waals surface area contributed by atoms with Crippen molar-refractivity contribution in [1.29, 1.82) is 0 Å². The average molecular weight is 969 g/mol. The van der Waals surface area contributed by atoms with Crippen LogP contribution in [0.4, 0.5) is 23.5 Å². The van der Waals surface area contributed by atoms with Gasteiger partial charge >= 0.3 is 0 Å². The summed E-state index contributed by atoms with van der Waals surface area (Å²) in [6.45, 7) is 7.04. The summed E-state index contributed by atoms with van der Waals surface area (Å²) in [6, 6.07) is 15.0. The summed E-state index contributed by atoms with van der Waals surface area (Å²) in [5, 5.41) is 9.12. The third kappa shape index (κ3) is 8.95. The van der Waals surface area contributed by atoms with Crippen molar-refractivity contribution < 1.29 is 19.1 Å². The number of aryl methyl sites for hydroxylation is 2. The van der Waals surface area contributed by atoms with Gasteiger partial charge in [-0.2, -0.15) is 9.97 Å². The van der Waals surface area contributed by atoms with E-state index in [1.165, 1.54) is 12.4 Å². The molecule has 3 N–H and O–H groups in total. The van der Waals surface area contributed by atoms with E-state index in [-0.39, 0.29) is 11.6 Å². The number of piperazine rings is 1. The Morgan fingerprint density at radius 1 is 0.742 bits per heavy atom. The van der Waals surface area contributed by atoms with Gasteiger partial charge in [-0.15, -0.1) is 0 Å². The molecule has 3 fully saturated rings. The minimum Gasteiger partial charge on any atom is -0.476 e. The Kier molecular flexibility index (Phi) is 11.8. The van der Waals surface area contributed by atoms with E-state index in [0.29, 0.717) is 75.2 Å². The number of aromatic nitrogens is 8. The first-order chi connectivity index (χ1) is 29.9. The SMILES string of the molecule is Cc1nc(N2CCC(N(C)C)CC2)nc2ncc(NC(=O)C(Oc3ccc(Br)cc3)C(Oc3ccc(Br)cc3)C(=O)Nc3cnc4nc(N5CC6CC5CN6)nc(C)c4n3)nc12. The maximum Gasteiger partial charge on any atom is 0.271 e. The first-order valence-corrected chi connectivity index (χ1v) is 21.9. The fraction of sp³-hybridized carbons (Fsp3) is 0.381. The molecule has 3 aliphatic heterocycles. The Balaban J connectivity index is 1.00. The summed E-state index contributed by atoms with van der Waals surface area (Å²) >= 11 is 6.90. The number of anilines is 4. The third-order valence-electron chi connectivity index (χ3n) is 11.4. The number of piperidine rings is 1. The van der Waals surface area contributed by atoms with Crippen LogP contribution in [0, 0.1) is 13.8 Å². The molecule has 320 valence electrons. The molecule has 3 aliphatic rings. The molecule has 2 aromatic carbocycles. The second-order valence-corrected chi connectivity index (χ2v) is 17.7. The lowest BCUT2D eigenvalue weighted by molar-refractivity contribution is -0.136. The zero-order valence-electron chi connectivity index (χ0n) is 34.4. The number of hydrogen-bond donors (Lipinski definition) is 3. The van der Waals surface area contributed by atoms with Gasteiger partial charge in [0.2, 0.25) is 24.1 Å². The molecule has 2 bridgehead atoms. The third-order valence-corrected chi connectivity index (χ3v) is 12.4. The monoisotopic (exact) mass is 966 g/mol. The molecule has 6 aromatic rings. The molecule has 0 aliphatic carbocycles. The minimum atomic E-state index is -1.58.